The van der Waals surface area contributed by atoms with Crippen LogP contribution in [-0.2, 0) is 30.3 Å². The number of nitrogens with one attached hydrogen (secondary N) is 1. The number of ether oxygens (including phenoxy) is 2. The summed E-state index contributed by atoms with van der Waals surface area (Å²) < 4.78 is 42.8. The number of alkyl halides is 1. The fraction of sp³-hybridized carbons (Fsp3) is 0.545. The van der Waals surface area contributed by atoms with E-state index in [-0.39, 0.29) is 36.0 Å². The number of hydrogen-bond acceptors (Lipinski definition) is 15. The maximum Gasteiger partial charge on any atom is 0.325 e. The lowest BCUT2D eigenvalue weighted by atomic mass is 9.87. The van der Waals surface area contributed by atoms with Gasteiger partial charge in [-0.2, -0.15) is 9.37 Å². The van der Waals surface area contributed by atoms with Crippen LogP contribution in [0, 0.1) is 0 Å². The average molecular weight is 657 g/mol. The molecule has 7 N–H and O–H groups in total. The Labute approximate surface area is 250 Å². The Kier molecular flexibility index (Phi) is 6.62. The maximum absolute atomic E-state index is 16.2. The maximum atomic E-state index is 16.2. The number of imidazole rings is 2. The van der Waals surface area contributed by atoms with Crippen molar-refractivity contribution in [3.63, 3.8) is 0 Å². The molecule has 3 unspecified atom stereocenters. The van der Waals surface area contributed by atoms with E-state index in [1.807, 2.05) is 0 Å². The first-order valence-corrected chi connectivity index (χ1v) is 16.5. The van der Waals surface area contributed by atoms with Crippen molar-refractivity contribution in [1.82, 2.24) is 39.0 Å². The van der Waals surface area contributed by atoms with E-state index in [9.17, 15) is 14.8 Å². The van der Waals surface area contributed by atoms with Gasteiger partial charge in [-0.25, -0.2) is 19.9 Å². The van der Waals surface area contributed by atoms with Gasteiger partial charge in [-0.3, -0.25) is 23.4 Å². The summed E-state index contributed by atoms with van der Waals surface area (Å²) >= 11 is 5.96. The zero-order valence-electron chi connectivity index (χ0n) is 22.4. The number of aromatic amines is 1. The molecule has 43 heavy (non-hydrogen) atoms. The van der Waals surface area contributed by atoms with Gasteiger partial charge in [0.05, 0.1) is 37.1 Å². The minimum Gasteiger partial charge on any atom is -0.388 e. The first kappa shape index (κ1) is 28.9. The Hall–Kier alpha value is -2.81. The highest BCUT2D eigenvalue weighted by molar-refractivity contribution is 8.07. The summed E-state index contributed by atoms with van der Waals surface area (Å²) in [7, 11) is 0. The van der Waals surface area contributed by atoms with Crippen molar-refractivity contribution in [1.29, 1.82) is 0 Å². The molecule has 3 aliphatic heterocycles. The number of rotatable bonds is 2. The van der Waals surface area contributed by atoms with Gasteiger partial charge in [0.2, 0.25) is 5.95 Å². The van der Waals surface area contributed by atoms with Crippen LogP contribution in [0.1, 0.15) is 37.8 Å². The van der Waals surface area contributed by atoms with E-state index < -0.39 is 53.0 Å². The Morgan fingerprint density at radius 1 is 1.19 bits per heavy atom. The zero-order valence-corrected chi connectivity index (χ0v) is 24.9. The second-order valence-electron chi connectivity index (χ2n) is 11.0. The molecule has 17 nitrogen and oxygen atoms in total. The zero-order chi connectivity index (χ0) is 30.4. The van der Waals surface area contributed by atoms with Crippen molar-refractivity contribution in [3.8, 4) is 0 Å². The third-order valence-electron chi connectivity index (χ3n) is 7.56. The molecule has 0 amide bonds. The topological polar surface area (TPSA) is 237 Å². The number of thioether (sulfide) groups is 1. The summed E-state index contributed by atoms with van der Waals surface area (Å²) in [6.45, 7) is -3.38. The average Bonchev–Trinajstić information content (AvgIpc) is 3.66. The summed E-state index contributed by atoms with van der Waals surface area (Å²) in [4.78, 5) is 46.4. The Bertz CT molecular complexity index is 1860. The predicted molar refractivity (Wildman–Crippen MR) is 153 cm³/mol. The molecule has 7 rings (SSSR count). The standard InChI is InChI=1S/C22H26FN10O7PS2/c1-20(35)4-21(3-2-10(39-21)32-8-28-11-14(24)26-7-27-15(11)32)6-38-41(36,42)40-13-18(43-22(13,23)37-5-20)33-9-29-12-16(33)30-19(25)31-17(12)34/h7-10,13,18,35H,2-6H2,1H3,(H,36,42)(H2,24,26,27)(H3,25,30,31,34)/t10-,13+,18-,20?,21?,22+,41?/m1/s1. The number of H-pyrrole nitrogens is 1. The van der Waals surface area contributed by atoms with Gasteiger partial charge in [0.1, 0.15) is 23.4 Å². The summed E-state index contributed by atoms with van der Waals surface area (Å²) in [6.07, 6.45) is 2.79. The number of nitrogens with two attached hydrogens (primary N) is 2. The van der Waals surface area contributed by atoms with Crippen molar-refractivity contribution in [2.45, 2.75) is 60.3 Å². The molecule has 3 saturated heterocycles. The molecule has 4 aromatic rings. The summed E-state index contributed by atoms with van der Waals surface area (Å²) in [5.74, 6) is 0.0507. The lowest BCUT2D eigenvalue weighted by molar-refractivity contribution is -0.195. The molecule has 230 valence electrons. The molecule has 7 atom stereocenters. The van der Waals surface area contributed by atoms with E-state index in [0.29, 0.717) is 35.8 Å². The van der Waals surface area contributed by atoms with Crippen LogP contribution in [-0.4, -0.2) is 84.7 Å². The highest BCUT2D eigenvalue weighted by atomic mass is 32.5. The Morgan fingerprint density at radius 2 is 1.95 bits per heavy atom. The van der Waals surface area contributed by atoms with E-state index >= 15 is 4.39 Å². The van der Waals surface area contributed by atoms with E-state index in [4.69, 9.17) is 41.8 Å². The molecule has 0 radical (unpaired) electrons. The second kappa shape index (κ2) is 9.85. The molecule has 3 fully saturated rings. The summed E-state index contributed by atoms with van der Waals surface area (Å²) in [6, 6.07) is 0. The molecule has 0 aliphatic carbocycles. The number of nitrogen functional groups attached to an aromatic ring is 2. The van der Waals surface area contributed by atoms with E-state index in [1.165, 1.54) is 30.5 Å². The van der Waals surface area contributed by atoms with Gasteiger partial charge in [0.25, 0.3) is 10.7 Å². The highest BCUT2D eigenvalue weighted by Gasteiger charge is 2.63. The third kappa shape index (κ3) is 4.99. The van der Waals surface area contributed by atoms with Gasteiger partial charge >= 0.3 is 6.72 Å². The first-order valence-electron chi connectivity index (χ1n) is 13.0. The van der Waals surface area contributed by atoms with Crippen LogP contribution in [0.4, 0.5) is 16.2 Å². The molecule has 21 heteroatoms. The minimum atomic E-state index is -4.14. The van der Waals surface area contributed by atoms with Crippen LogP contribution in [0.15, 0.2) is 23.8 Å². The van der Waals surface area contributed by atoms with Gasteiger partial charge in [-0.1, -0.05) is 11.8 Å². The SMILES string of the molecule is CC1(O)CO[C@]2(F)S[C@@H](n3cnc4c(=O)[nH]c(N)nc43)[C@@H]2OP(O)(=S)OCC2(CC[C@H](n3cnc4c(N)ncnc43)O2)C1. The lowest BCUT2D eigenvalue weighted by Gasteiger charge is -2.48. The quantitative estimate of drug-likeness (QED) is 0.188. The van der Waals surface area contributed by atoms with Gasteiger partial charge < -0.3 is 35.5 Å². The molecule has 1 spiro atoms. The first-order chi connectivity index (χ1) is 20.3. The van der Waals surface area contributed by atoms with Crippen molar-refractivity contribution in [3.05, 3.63) is 29.3 Å². The van der Waals surface area contributed by atoms with Crippen molar-refractivity contribution in [2.24, 2.45) is 0 Å². The van der Waals surface area contributed by atoms with Crippen LogP contribution < -0.4 is 17.0 Å². The number of hydrogen-bond donors (Lipinski definition) is 5. The summed E-state index contributed by atoms with van der Waals surface area (Å²) in [5, 5.41) is 7.88. The molecule has 3 aliphatic rings. The summed E-state index contributed by atoms with van der Waals surface area (Å²) in [5.41, 5.74) is 9.18. The number of aliphatic hydroxyl groups is 1. The van der Waals surface area contributed by atoms with Crippen molar-refractivity contribution in [2.75, 3.05) is 24.7 Å². The van der Waals surface area contributed by atoms with Crippen LogP contribution in [0.3, 0.4) is 0 Å². The van der Waals surface area contributed by atoms with Crippen LogP contribution in [0.2, 0.25) is 0 Å². The normalized spacial score (nSPS) is 36.9. The number of anilines is 2. The number of aromatic nitrogens is 8. The largest absolute Gasteiger partial charge is 0.388 e. The molecule has 7 heterocycles. The van der Waals surface area contributed by atoms with Gasteiger partial charge in [0.15, 0.2) is 28.7 Å². The molecule has 4 aromatic heterocycles. The molecular weight excluding hydrogens is 630 g/mol. The number of nitrogens with zero attached hydrogens (tertiary/aromatic N) is 7. The Morgan fingerprint density at radius 3 is 2.77 bits per heavy atom. The molecule has 0 bridgehead atoms. The fourth-order valence-corrected chi connectivity index (χ4v) is 8.43. The van der Waals surface area contributed by atoms with Gasteiger partial charge in [-0.15, -0.1) is 0 Å². The van der Waals surface area contributed by atoms with Crippen LogP contribution in [0.5, 0.6) is 0 Å². The number of halogens is 1. The van der Waals surface area contributed by atoms with Crippen LogP contribution in [0.25, 0.3) is 22.3 Å². The number of fused-ring (bicyclic) bond motifs is 3. The van der Waals surface area contributed by atoms with E-state index in [1.54, 1.807) is 4.57 Å². The van der Waals surface area contributed by atoms with E-state index in [2.05, 4.69) is 29.9 Å². The second-order valence-corrected chi connectivity index (χ2v) is 15.0. The monoisotopic (exact) mass is 656 g/mol. The molecule has 0 saturated carbocycles. The Balaban J connectivity index is 1.18. The highest BCUT2D eigenvalue weighted by Crippen LogP contribution is 2.63. The molecule has 0 aromatic carbocycles. The smallest absolute Gasteiger partial charge is 0.325 e. The van der Waals surface area contributed by atoms with Crippen molar-refractivity contribution < 1.29 is 32.9 Å². The van der Waals surface area contributed by atoms with Crippen LogP contribution >= 0.6 is 18.5 Å². The lowest BCUT2D eigenvalue weighted by Crippen LogP contribution is -2.55. The van der Waals surface area contributed by atoms with Crippen molar-refractivity contribution >= 4 is 64.4 Å². The van der Waals surface area contributed by atoms with Gasteiger partial charge in [-0.05, 0) is 31.6 Å². The minimum absolute atomic E-state index is 0.0268. The predicted octanol–water partition coefficient (Wildman–Crippen LogP) is 0.830. The molecular formula is C22H26FN10O7PS2. The fourth-order valence-electron chi connectivity index (χ4n) is 5.68. The van der Waals surface area contributed by atoms with E-state index in [0.717, 1.165) is 0 Å². The third-order valence-corrected chi connectivity index (χ3v) is 10.5. The van der Waals surface area contributed by atoms with Gasteiger partial charge in [0, 0.05) is 6.42 Å².